The summed E-state index contributed by atoms with van der Waals surface area (Å²) in [5.41, 5.74) is 4.23. The number of alkyl halides is 3. The third kappa shape index (κ3) is 2.54. The van der Waals surface area contributed by atoms with Crippen molar-refractivity contribution >= 4 is 0 Å². The van der Waals surface area contributed by atoms with Gasteiger partial charge < -0.3 is 10.8 Å². The summed E-state index contributed by atoms with van der Waals surface area (Å²) in [6, 6.07) is 3.85. The minimum Gasteiger partial charge on any atom is -0.394 e. The normalized spacial score (nSPS) is 15.9. The van der Waals surface area contributed by atoms with Gasteiger partial charge in [-0.05, 0) is 31.0 Å². The van der Waals surface area contributed by atoms with Crippen molar-refractivity contribution in [1.82, 2.24) is 0 Å². The number of benzene rings is 1. The van der Waals surface area contributed by atoms with Gasteiger partial charge in [-0.15, -0.1) is 0 Å². The van der Waals surface area contributed by atoms with Gasteiger partial charge in [0.25, 0.3) is 0 Å². The number of nitrogens with two attached hydrogens (primary N) is 1. The topological polar surface area (TPSA) is 46.2 Å². The minimum atomic E-state index is -4.40. The van der Waals surface area contributed by atoms with E-state index < -0.39 is 23.9 Å². The number of hydrogen-bond donors (Lipinski definition) is 2. The summed E-state index contributed by atoms with van der Waals surface area (Å²) in [7, 11) is 0. The van der Waals surface area contributed by atoms with Crippen LogP contribution in [-0.2, 0) is 11.7 Å². The molecule has 1 aromatic rings. The predicted octanol–water partition coefficient (Wildman–Crippen LogP) is 2.18. The van der Waals surface area contributed by atoms with Gasteiger partial charge in [0.1, 0.15) is 0 Å². The summed E-state index contributed by atoms with van der Waals surface area (Å²) >= 11 is 0. The first kappa shape index (κ1) is 13.0. The molecule has 0 radical (unpaired) electrons. The Bertz CT molecular complexity index is 385. The Balaban J connectivity index is 3.29. The van der Waals surface area contributed by atoms with Crippen LogP contribution in [-0.4, -0.2) is 11.7 Å². The molecule has 0 aromatic heterocycles. The van der Waals surface area contributed by atoms with Gasteiger partial charge in [-0.25, -0.2) is 0 Å². The lowest BCUT2D eigenvalue weighted by Gasteiger charge is -2.24. The van der Waals surface area contributed by atoms with Crippen LogP contribution >= 0.6 is 0 Å². The molecule has 5 heteroatoms. The average Bonchev–Trinajstić information content (AvgIpc) is 2.16. The zero-order valence-electron chi connectivity index (χ0n) is 9.10. The molecule has 0 aliphatic rings. The van der Waals surface area contributed by atoms with Crippen molar-refractivity contribution in [1.29, 1.82) is 0 Å². The number of rotatable bonds is 2. The van der Waals surface area contributed by atoms with Crippen LogP contribution in [0.4, 0.5) is 13.2 Å². The molecule has 90 valence electrons. The van der Waals surface area contributed by atoms with Gasteiger partial charge in [0.15, 0.2) is 0 Å². The Morgan fingerprint density at radius 3 is 2.31 bits per heavy atom. The van der Waals surface area contributed by atoms with Crippen molar-refractivity contribution in [2.45, 2.75) is 25.6 Å². The highest BCUT2D eigenvalue weighted by Gasteiger charge is 2.34. The zero-order chi connectivity index (χ0) is 12.6. The van der Waals surface area contributed by atoms with E-state index >= 15 is 0 Å². The molecule has 0 amide bonds. The maximum absolute atomic E-state index is 12.6. The number of aliphatic hydroxyl groups excluding tert-OH is 1. The fraction of sp³-hybridized carbons (Fsp3) is 0.455. The van der Waals surface area contributed by atoms with Crippen LogP contribution in [0.5, 0.6) is 0 Å². The molecule has 3 N–H and O–H groups in total. The summed E-state index contributed by atoms with van der Waals surface area (Å²) in [4.78, 5) is 0. The van der Waals surface area contributed by atoms with Gasteiger partial charge in [-0.3, -0.25) is 0 Å². The first-order valence-corrected chi connectivity index (χ1v) is 4.76. The van der Waals surface area contributed by atoms with E-state index in [-0.39, 0.29) is 11.1 Å². The van der Waals surface area contributed by atoms with E-state index in [4.69, 9.17) is 10.8 Å². The Morgan fingerprint density at radius 2 is 1.88 bits per heavy atom. The standard InChI is InChI=1S/C11H14F3NO/c1-7-3-4-8(10(2,15)6-16)5-9(7)11(12,13)14/h3-5,16H,6,15H2,1-2H3. The molecule has 0 aliphatic heterocycles. The fourth-order valence-corrected chi connectivity index (χ4v) is 1.37. The summed E-state index contributed by atoms with van der Waals surface area (Å²) in [5, 5.41) is 9.00. The molecule has 0 saturated carbocycles. The van der Waals surface area contributed by atoms with Gasteiger partial charge in [0.05, 0.1) is 17.7 Å². The van der Waals surface area contributed by atoms with Crippen LogP contribution in [0, 0.1) is 6.92 Å². The van der Waals surface area contributed by atoms with Gasteiger partial charge in [0, 0.05) is 0 Å². The number of aliphatic hydroxyl groups is 1. The largest absolute Gasteiger partial charge is 0.416 e. The van der Waals surface area contributed by atoms with E-state index in [2.05, 4.69) is 0 Å². The van der Waals surface area contributed by atoms with E-state index in [0.717, 1.165) is 6.07 Å². The molecule has 0 aliphatic carbocycles. The number of hydrogen-bond acceptors (Lipinski definition) is 2. The molecular formula is C11H14F3NO. The molecular weight excluding hydrogens is 219 g/mol. The second-order valence-corrected chi connectivity index (χ2v) is 4.10. The first-order valence-electron chi connectivity index (χ1n) is 4.76. The number of halogens is 3. The maximum atomic E-state index is 12.6. The van der Waals surface area contributed by atoms with Crippen LogP contribution in [0.3, 0.4) is 0 Å². The minimum absolute atomic E-state index is 0.144. The Labute approximate surface area is 91.9 Å². The second kappa shape index (κ2) is 4.07. The third-order valence-corrected chi connectivity index (χ3v) is 2.53. The lowest BCUT2D eigenvalue weighted by atomic mass is 9.91. The molecule has 0 heterocycles. The van der Waals surface area contributed by atoms with Crippen LogP contribution in [0.25, 0.3) is 0 Å². The molecule has 0 saturated heterocycles. The molecule has 2 nitrogen and oxygen atoms in total. The van der Waals surface area contributed by atoms with Crippen molar-refractivity contribution in [2.75, 3.05) is 6.61 Å². The SMILES string of the molecule is Cc1ccc(C(C)(N)CO)cc1C(F)(F)F. The average molecular weight is 233 g/mol. The summed E-state index contributed by atoms with van der Waals surface area (Å²) in [6.07, 6.45) is -4.40. The van der Waals surface area contributed by atoms with Crippen molar-refractivity contribution in [3.63, 3.8) is 0 Å². The van der Waals surface area contributed by atoms with E-state index in [1.807, 2.05) is 0 Å². The lowest BCUT2D eigenvalue weighted by Crippen LogP contribution is -2.37. The van der Waals surface area contributed by atoms with Crippen molar-refractivity contribution in [2.24, 2.45) is 5.73 Å². The van der Waals surface area contributed by atoms with Gasteiger partial charge in [-0.2, -0.15) is 13.2 Å². The van der Waals surface area contributed by atoms with E-state index in [1.165, 1.54) is 26.0 Å². The van der Waals surface area contributed by atoms with E-state index in [9.17, 15) is 13.2 Å². The molecule has 16 heavy (non-hydrogen) atoms. The molecule has 0 bridgehead atoms. The molecule has 1 atom stereocenters. The quantitative estimate of drug-likeness (QED) is 0.822. The van der Waals surface area contributed by atoms with Gasteiger partial charge in [-0.1, -0.05) is 12.1 Å². The Morgan fingerprint density at radius 1 is 1.31 bits per heavy atom. The maximum Gasteiger partial charge on any atom is 0.416 e. The van der Waals surface area contributed by atoms with Gasteiger partial charge in [0.2, 0.25) is 0 Å². The molecule has 1 rings (SSSR count). The Kier molecular flexibility index (Phi) is 3.30. The van der Waals surface area contributed by atoms with Crippen LogP contribution in [0.1, 0.15) is 23.6 Å². The smallest absolute Gasteiger partial charge is 0.394 e. The third-order valence-electron chi connectivity index (χ3n) is 2.53. The highest BCUT2D eigenvalue weighted by Crippen LogP contribution is 2.33. The first-order chi connectivity index (χ1) is 7.18. The van der Waals surface area contributed by atoms with Crippen LogP contribution in [0.2, 0.25) is 0 Å². The summed E-state index contributed by atoms with van der Waals surface area (Å²) < 4.78 is 37.9. The zero-order valence-corrected chi connectivity index (χ0v) is 9.10. The predicted molar refractivity (Wildman–Crippen MR) is 54.8 cm³/mol. The van der Waals surface area contributed by atoms with Crippen LogP contribution < -0.4 is 5.73 Å². The molecule has 0 fully saturated rings. The van der Waals surface area contributed by atoms with E-state index in [0.29, 0.717) is 0 Å². The fourth-order valence-electron chi connectivity index (χ4n) is 1.37. The van der Waals surface area contributed by atoms with Crippen molar-refractivity contribution in [3.8, 4) is 0 Å². The highest BCUT2D eigenvalue weighted by atomic mass is 19.4. The van der Waals surface area contributed by atoms with Crippen molar-refractivity contribution in [3.05, 3.63) is 34.9 Å². The molecule has 0 spiro atoms. The molecule has 1 aromatic carbocycles. The van der Waals surface area contributed by atoms with Gasteiger partial charge >= 0.3 is 6.18 Å². The Hall–Kier alpha value is -1.07. The second-order valence-electron chi connectivity index (χ2n) is 4.10. The van der Waals surface area contributed by atoms with E-state index in [1.54, 1.807) is 0 Å². The lowest BCUT2D eigenvalue weighted by molar-refractivity contribution is -0.138. The number of aryl methyl sites for hydroxylation is 1. The summed E-state index contributed by atoms with van der Waals surface area (Å²) in [5.74, 6) is 0. The highest BCUT2D eigenvalue weighted by molar-refractivity contribution is 5.36. The monoisotopic (exact) mass is 233 g/mol. The summed E-state index contributed by atoms with van der Waals surface area (Å²) in [6.45, 7) is 2.46. The molecule has 1 unspecified atom stereocenters. The van der Waals surface area contributed by atoms with Crippen molar-refractivity contribution < 1.29 is 18.3 Å². The van der Waals surface area contributed by atoms with Crippen LogP contribution in [0.15, 0.2) is 18.2 Å².